The highest BCUT2D eigenvalue weighted by Gasteiger charge is 2.14. The molecule has 0 aliphatic heterocycles. The van der Waals surface area contributed by atoms with E-state index in [2.05, 4.69) is 21.9 Å². The lowest BCUT2D eigenvalue weighted by Crippen LogP contribution is -2.05. The second-order valence-corrected chi connectivity index (χ2v) is 5.44. The van der Waals surface area contributed by atoms with Crippen molar-refractivity contribution in [3.05, 3.63) is 72.1 Å². The third kappa shape index (κ3) is 3.58. The number of allylic oxidation sites excluding steroid dienone is 1. The van der Waals surface area contributed by atoms with Crippen molar-refractivity contribution in [3.63, 3.8) is 0 Å². The van der Waals surface area contributed by atoms with Gasteiger partial charge in [0.1, 0.15) is 5.82 Å². The average Bonchev–Trinajstić information content (AvgIpc) is 3.13. The SMILES string of the molecule is C=CCc1c(C)nc(-c2ccco2)nc1Nc1ccc(C(=O)O)cc1. The molecule has 2 aromatic heterocycles. The van der Waals surface area contributed by atoms with E-state index in [0.717, 1.165) is 16.9 Å². The van der Waals surface area contributed by atoms with E-state index >= 15 is 0 Å². The molecule has 0 aliphatic carbocycles. The highest BCUT2D eigenvalue weighted by Crippen LogP contribution is 2.26. The van der Waals surface area contributed by atoms with Crippen LogP contribution in [0.3, 0.4) is 0 Å². The van der Waals surface area contributed by atoms with Crippen LogP contribution in [-0.2, 0) is 6.42 Å². The van der Waals surface area contributed by atoms with Crippen LogP contribution in [0.4, 0.5) is 11.5 Å². The number of carboxylic acids is 1. The number of nitrogens with zero attached hydrogens (tertiary/aromatic N) is 2. The van der Waals surface area contributed by atoms with Crippen LogP contribution in [0.25, 0.3) is 11.6 Å². The summed E-state index contributed by atoms with van der Waals surface area (Å²) >= 11 is 0. The molecular weight excluding hydrogens is 318 g/mol. The third-order valence-corrected chi connectivity index (χ3v) is 3.70. The van der Waals surface area contributed by atoms with Crippen LogP contribution in [0.15, 0.2) is 59.7 Å². The number of anilines is 2. The number of benzene rings is 1. The van der Waals surface area contributed by atoms with Crippen molar-refractivity contribution in [2.75, 3.05) is 5.32 Å². The zero-order valence-electron chi connectivity index (χ0n) is 13.7. The van der Waals surface area contributed by atoms with E-state index in [4.69, 9.17) is 9.52 Å². The number of hydrogen-bond donors (Lipinski definition) is 2. The number of aromatic carboxylic acids is 1. The van der Waals surface area contributed by atoms with Crippen molar-refractivity contribution in [3.8, 4) is 11.6 Å². The molecule has 0 radical (unpaired) electrons. The number of aromatic nitrogens is 2. The molecule has 3 rings (SSSR count). The fourth-order valence-corrected chi connectivity index (χ4v) is 2.44. The Morgan fingerprint density at radius 1 is 1.28 bits per heavy atom. The number of furan rings is 1. The first kappa shape index (κ1) is 16.4. The second kappa shape index (κ2) is 7.00. The van der Waals surface area contributed by atoms with Gasteiger partial charge in [0.15, 0.2) is 11.6 Å². The summed E-state index contributed by atoms with van der Waals surface area (Å²) in [5.41, 5.74) is 2.71. The molecule has 0 spiro atoms. The average molecular weight is 335 g/mol. The lowest BCUT2D eigenvalue weighted by Gasteiger charge is -2.13. The summed E-state index contributed by atoms with van der Waals surface area (Å²) in [4.78, 5) is 20.0. The molecule has 126 valence electrons. The lowest BCUT2D eigenvalue weighted by atomic mass is 10.1. The third-order valence-electron chi connectivity index (χ3n) is 3.70. The van der Waals surface area contributed by atoms with Crippen molar-refractivity contribution < 1.29 is 14.3 Å². The first-order valence-corrected chi connectivity index (χ1v) is 7.71. The van der Waals surface area contributed by atoms with Gasteiger partial charge >= 0.3 is 5.97 Å². The van der Waals surface area contributed by atoms with Gasteiger partial charge in [-0.1, -0.05) is 6.08 Å². The van der Waals surface area contributed by atoms with Crippen LogP contribution in [0.2, 0.25) is 0 Å². The Kier molecular flexibility index (Phi) is 4.61. The van der Waals surface area contributed by atoms with Crippen molar-refractivity contribution in [1.29, 1.82) is 0 Å². The largest absolute Gasteiger partial charge is 0.478 e. The molecule has 0 atom stereocenters. The van der Waals surface area contributed by atoms with E-state index < -0.39 is 5.97 Å². The van der Waals surface area contributed by atoms with Crippen molar-refractivity contribution in [2.45, 2.75) is 13.3 Å². The number of aryl methyl sites for hydroxylation is 1. The van der Waals surface area contributed by atoms with E-state index in [1.165, 1.54) is 0 Å². The molecule has 0 saturated heterocycles. The maximum atomic E-state index is 11.0. The van der Waals surface area contributed by atoms with Crippen LogP contribution >= 0.6 is 0 Å². The van der Waals surface area contributed by atoms with E-state index in [1.54, 1.807) is 48.7 Å². The smallest absolute Gasteiger partial charge is 0.335 e. The molecule has 2 N–H and O–H groups in total. The van der Waals surface area contributed by atoms with Gasteiger partial charge in [-0.15, -0.1) is 6.58 Å². The standard InChI is InChI=1S/C19H17N3O3/c1-3-5-15-12(2)20-18(16-6-4-11-25-16)22-17(15)21-14-9-7-13(8-10-14)19(23)24/h3-4,6-11H,1,5H2,2H3,(H,23,24)(H,20,21,22). The normalized spacial score (nSPS) is 10.4. The molecule has 3 aromatic rings. The molecule has 6 heteroatoms. The minimum atomic E-state index is -0.961. The molecule has 25 heavy (non-hydrogen) atoms. The Morgan fingerprint density at radius 2 is 2.04 bits per heavy atom. The molecule has 0 fully saturated rings. The zero-order valence-corrected chi connectivity index (χ0v) is 13.7. The van der Waals surface area contributed by atoms with Gasteiger partial charge in [0.25, 0.3) is 0 Å². The van der Waals surface area contributed by atoms with Gasteiger partial charge in [-0.05, 0) is 49.7 Å². The van der Waals surface area contributed by atoms with E-state index in [9.17, 15) is 4.79 Å². The van der Waals surface area contributed by atoms with Gasteiger partial charge in [0.05, 0.1) is 11.8 Å². The summed E-state index contributed by atoms with van der Waals surface area (Å²) in [6, 6.07) is 10.1. The van der Waals surface area contributed by atoms with Crippen LogP contribution in [-0.4, -0.2) is 21.0 Å². The van der Waals surface area contributed by atoms with Gasteiger partial charge in [-0.3, -0.25) is 0 Å². The highest BCUT2D eigenvalue weighted by molar-refractivity contribution is 5.88. The summed E-state index contributed by atoms with van der Waals surface area (Å²) in [6.07, 6.45) is 3.97. The molecule has 0 amide bonds. The second-order valence-electron chi connectivity index (χ2n) is 5.44. The summed E-state index contributed by atoms with van der Waals surface area (Å²) in [5.74, 6) is 0.747. The Balaban J connectivity index is 2.00. The summed E-state index contributed by atoms with van der Waals surface area (Å²) in [6.45, 7) is 5.69. The van der Waals surface area contributed by atoms with E-state index in [0.29, 0.717) is 23.8 Å². The van der Waals surface area contributed by atoms with E-state index in [1.807, 2.05) is 6.92 Å². The fourth-order valence-electron chi connectivity index (χ4n) is 2.44. The predicted molar refractivity (Wildman–Crippen MR) is 95.1 cm³/mol. The van der Waals surface area contributed by atoms with Gasteiger partial charge < -0.3 is 14.8 Å². The molecular formula is C19H17N3O3. The first-order valence-electron chi connectivity index (χ1n) is 7.71. The number of rotatable bonds is 6. The van der Waals surface area contributed by atoms with E-state index in [-0.39, 0.29) is 5.56 Å². The topological polar surface area (TPSA) is 88.3 Å². The van der Waals surface area contributed by atoms with Crippen LogP contribution in [0.1, 0.15) is 21.6 Å². The molecule has 0 aliphatic rings. The van der Waals surface area contributed by atoms with Crippen molar-refractivity contribution in [1.82, 2.24) is 9.97 Å². The van der Waals surface area contributed by atoms with Gasteiger partial charge in [-0.2, -0.15) is 0 Å². The Hall–Kier alpha value is -3.41. The van der Waals surface area contributed by atoms with Crippen LogP contribution in [0, 0.1) is 6.92 Å². The number of carbonyl (C=O) groups is 1. The van der Waals surface area contributed by atoms with Gasteiger partial charge in [0.2, 0.25) is 0 Å². The van der Waals surface area contributed by atoms with Crippen LogP contribution < -0.4 is 5.32 Å². The highest BCUT2D eigenvalue weighted by atomic mass is 16.4. The van der Waals surface area contributed by atoms with Gasteiger partial charge in [-0.25, -0.2) is 14.8 Å². The molecule has 0 unspecified atom stereocenters. The first-order chi connectivity index (χ1) is 12.1. The van der Waals surface area contributed by atoms with Crippen molar-refractivity contribution in [2.24, 2.45) is 0 Å². The summed E-state index contributed by atoms with van der Waals surface area (Å²) < 4.78 is 5.38. The summed E-state index contributed by atoms with van der Waals surface area (Å²) in [5, 5.41) is 12.2. The monoisotopic (exact) mass is 335 g/mol. The van der Waals surface area contributed by atoms with Crippen molar-refractivity contribution >= 4 is 17.5 Å². The maximum Gasteiger partial charge on any atom is 0.335 e. The Labute approximate surface area is 144 Å². The minimum Gasteiger partial charge on any atom is -0.478 e. The minimum absolute atomic E-state index is 0.229. The molecule has 0 bridgehead atoms. The number of hydrogen-bond acceptors (Lipinski definition) is 5. The molecule has 1 aromatic carbocycles. The zero-order chi connectivity index (χ0) is 17.8. The molecule has 0 saturated carbocycles. The maximum absolute atomic E-state index is 11.0. The molecule has 2 heterocycles. The Morgan fingerprint density at radius 3 is 2.64 bits per heavy atom. The van der Waals surface area contributed by atoms with Crippen LogP contribution in [0.5, 0.6) is 0 Å². The predicted octanol–water partition coefficient (Wildman–Crippen LogP) is 4.22. The quantitative estimate of drug-likeness (QED) is 0.656. The number of nitrogens with one attached hydrogen (secondary N) is 1. The fraction of sp³-hybridized carbons (Fsp3) is 0.105. The number of carboxylic acid groups (broad SMARTS) is 1. The lowest BCUT2D eigenvalue weighted by molar-refractivity contribution is 0.0697. The van der Waals surface area contributed by atoms with Gasteiger partial charge in [0, 0.05) is 16.9 Å². The molecule has 6 nitrogen and oxygen atoms in total. The Bertz CT molecular complexity index is 900. The summed E-state index contributed by atoms with van der Waals surface area (Å²) in [7, 11) is 0.